The number of hydrogen-bond donors (Lipinski definition) is 1. The Morgan fingerprint density at radius 3 is 2.71 bits per heavy atom. The first kappa shape index (κ1) is 18.3. The topological polar surface area (TPSA) is 60.5 Å². The Morgan fingerprint density at radius 2 is 1.86 bits per heavy atom. The van der Waals surface area contributed by atoms with Crippen molar-refractivity contribution in [1.82, 2.24) is 10.3 Å². The number of aryl methyl sites for hydroxylation is 2. The van der Waals surface area contributed by atoms with Gasteiger partial charge in [-0.1, -0.05) is 24.3 Å². The molecule has 0 unspecified atom stereocenters. The Kier molecular flexibility index (Phi) is 5.15. The molecule has 1 aliphatic heterocycles. The third-order valence-corrected chi connectivity index (χ3v) is 5.17. The second-order valence-corrected chi connectivity index (χ2v) is 7.07. The molecule has 0 aliphatic carbocycles. The number of nitrogens with one attached hydrogen (secondary N) is 1. The number of rotatable bonds is 5. The second-order valence-electron chi connectivity index (χ2n) is 7.07. The minimum Gasteiger partial charge on any atom is -0.486 e. The van der Waals surface area contributed by atoms with Gasteiger partial charge >= 0.3 is 0 Å². The molecule has 5 nitrogen and oxygen atoms in total. The van der Waals surface area contributed by atoms with Gasteiger partial charge in [-0.25, -0.2) is 0 Å². The number of carbonyl (C=O) groups excluding carboxylic acids is 1. The lowest BCUT2D eigenvalue weighted by Gasteiger charge is -2.19. The fourth-order valence-corrected chi connectivity index (χ4v) is 3.64. The zero-order chi connectivity index (χ0) is 19.5. The molecule has 1 amide bonds. The molecule has 2 aromatic carbocycles. The zero-order valence-electron chi connectivity index (χ0n) is 16.2. The van der Waals surface area contributed by atoms with Crippen molar-refractivity contribution in [2.24, 2.45) is 0 Å². The van der Waals surface area contributed by atoms with Gasteiger partial charge in [-0.05, 0) is 55.2 Å². The highest BCUT2D eigenvalue weighted by Gasteiger charge is 2.14. The van der Waals surface area contributed by atoms with Gasteiger partial charge in [-0.3, -0.25) is 9.78 Å². The molecule has 5 heteroatoms. The van der Waals surface area contributed by atoms with Gasteiger partial charge in [-0.15, -0.1) is 0 Å². The van der Waals surface area contributed by atoms with Crippen molar-refractivity contribution in [2.75, 3.05) is 19.8 Å². The summed E-state index contributed by atoms with van der Waals surface area (Å²) in [6, 6.07) is 14.0. The third kappa shape index (κ3) is 3.79. The largest absolute Gasteiger partial charge is 0.486 e. The lowest BCUT2D eigenvalue weighted by molar-refractivity contribution is -0.120. The number of carbonyl (C=O) groups is 1. The number of amides is 1. The zero-order valence-corrected chi connectivity index (χ0v) is 16.2. The van der Waals surface area contributed by atoms with E-state index in [0.717, 1.165) is 51.2 Å². The summed E-state index contributed by atoms with van der Waals surface area (Å²) in [5, 5.41) is 4.13. The summed E-state index contributed by atoms with van der Waals surface area (Å²) in [7, 11) is 0. The number of aromatic nitrogens is 1. The number of benzene rings is 2. The Hall–Kier alpha value is -3.08. The van der Waals surface area contributed by atoms with Crippen LogP contribution in [0, 0.1) is 13.8 Å². The number of nitrogens with zero attached hydrogens (tertiary/aromatic N) is 1. The minimum absolute atomic E-state index is 0.0147. The highest BCUT2D eigenvalue weighted by molar-refractivity contribution is 5.86. The molecule has 1 aliphatic rings. The van der Waals surface area contributed by atoms with E-state index in [1.807, 2.05) is 43.3 Å². The van der Waals surface area contributed by atoms with Crippen molar-refractivity contribution in [3.63, 3.8) is 0 Å². The molecule has 0 bridgehead atoms. The molecule has 0 spiro atoms. The smallest absolute Gasteiger partial charge is 0.224 e. The van der Waals surface area contributed by atoms with Gasteiger partial charge in [-0.2, -0.15) is 0 Å². The van der Waals surface area contributed by atoms with Gasteiger partial charge in [0.1, 0.15) is 13.2 Å². The van der Waals surface area contributed by atoms with E-state index in [1.165, 1.54) is 0 Å². The van der Waals surface area contributed by atoms with Crippen LogP contribution in [0.3, 0.4) is 0 Å². The molecule has 0 saturated carbocycles. The van der Waals surface area contributed by atoms with E-state index in [4.69, 9.17) is 9.47 Å². The van der Waals surface area contributed by atoms with Crippen molar-refractivity contribution >= 4 is 16.8 Å². The highest BCUT2D eigenvalue weighted by atomic mass is 16.6. The van der Waals surface area contributed by atoms with Crippen LogP contribution in [0.4, 0.5) is 0 Å². The SMILES string of the molecule is Cc1nc2ccccc2c(C)c1CC(=O)NCCc1ccc2c(c1)OCCO2. The van der Waals surface area contributed by atoms with Crippen LogP contribution in [0.15, 0.2) is 42.5 Å². The maximum Gasteiger partial charge on any atom is 0.224 e. The summed E-state index contributed by atoms with van der Waals surface area (Å²) in [6.45, 7) is 5.78. The predicted octanol–water partition coefficient (Wildman–Crippen LogP) is 3.52. The highest BCUT2D eigenvalue weighted by Crippen LogP contribution is 2.30. The molecule has 2 heterocycles. The van der Waals surface area contributed by atoms with E-state index in [2.05, 4.69) is 23.3 Å². The van der Waals surface area contributed by atoms with Crippen LogP contribution in [0.5, 0.6) is 11.5 Å². The van der Waals surface area contributed by atoms with Gasteiger partial charge in [0.15, 0.2) is 11.5 Å². The van der Waals surface area contributed by atoms with E-state index in [0.29, 0.717) is 26.2 Å². The standard InChI is InChI=1S/C23H24N2O3/c1-15-18-5-3-4-6-20(18)25-16(2)19(15)14-23(26)24-10-9-17-7-8-21-22(13-17)28-12-11-27-21/h3-8,13H,9-12,14H2,1-2H3,(H,24,26). The fraction of sp³-hybridized carbons (Fsp3) is 0.304. The fourth-order valence-electron chi connectivity index (χ4n) is 3.64. The predicted molar refractivity (Wildman–Crippen MR) is 109 cm³/mol. The van der Waals surface area contributed by atoms with Gasteiger partial charge in [0.25, 0.3) is 0 Å². The van der Waals surface area contributed by atoms with Crippen LogP contribution in [0.1, 0.15) is 22.4 Å². The Balaban J connectivity index is 1.38. The van der Waals surface area contributed by atoms with Crippen LogP contribution in [0.25, 0.3) is 10.9 Å². The van der Waals surface area contributed by atoms with Gasteiger partial charge in [0.2, 0.25) is 5.91 Å². The molecule has 4 rings (SSSR count). The third-order valence-electron chi connectivity index (χ3n) is 5.17. The maximum atomic E-state index is 12.5. The summed E-state index contributed by atoms with van der Waals surface area (Å²) < 4.78 is 11.2. The van der Waals surface area contributed by atoms with Crippen molar-refractivity contribution in [3.8, 4) is 11.5 Å². The van der Waals surface area contributed by atoms with Crippen molar-refractivity contribution in [1.29, 1.82) is 0 Å². The average molecular weight is 376 g/mol. The monoisotopic (exact) mass is 376 g/mol. The summed E-state index contributed by atoms with van der Waals surface area (Å²) in [4.78, 5) is 17.1. The van der Waals surface area contributed by atoms with E-state index in [9.17, 15) is 4.79 Å². The summed E-state index contributed by atoms with van der Waals surface area (Å²) >= 11 is 0. The molecule has 3 aromatic rings. The number of hydrogen-bond acceptors (Lipinski definition) is 4. The van der Waals surface area contributed by atoms with Crippen LogP contribution in [-0.2, 0) is 17.6 Å². The number of ether oxygens (including phenoxy) is 2. The first-order valence-electron chi connectivity index (χ1n) is 9.62. The Morgan fingerprint density at radius 1 is 1.07 bits per heavy atom. The number of para-hydroxylation sites is 1. The molecule has 1 aromatic heterocycles. The lowest BCUT2D eigenvalue weighted by Crippen LogP contribution is -2.28. The molecule has 28 heavy (non-hydrogen) atoms. The minimum atomic E-state index is 0.0147. The van der Waals surface area contributed by atoms with Crippen LogP contribution >= 0.6 is 0 Å². The number of fused-ring (bicyclic) bond motifs is 2. The normalized spacial score (nSPS) is 12.8. The van der Waals surface area contributed by atoms with Crippen molar-refractivity contribution in [2.45, 2.75) is 26.7 Å². The second kappa shape index (κ2) is 7.89. The maximum absolute atomic E-state index is 12.5. The number of pyridine rings is 1. The molecular weight excluding hydrogens is 352 g/mol. The van der Waals surface area contributed by atoms with E-state index in [1.54, 1.807) is 0 Å². The van der Waals surface area contributed by atoms with Crippen molar-refractivity contribution in [3.05, 3.63) is 64.8 Å². The summed E-state index contributed by atoms with van der Waals surface area (Å²) in [5.74, 6) is 1.58. The Labute approximate surface area is 164 Å². The molecule has 0 radical (unpaired) electrons. The summed E-state index contributed by atoms with van der Waals surface area (Å²) in [5.41, 5.74) is 5.14. The first-order valence-corrected chi connectivity index (χ1v) is 9.62. The molecule has 144 valence electrons. The first-order chi connectivity index (χ1) is 13.6. The average Bonchev–Trinajstić information content (AvgIpc) is 2.71. The van der Waals surface area contributed by atoms with Gasteiger partial charge in [0.05, 0.1) is 11.9 Å². The molecule has 0 saturated heterocycles. The Bertz CT molecular complexity index is 1030. The van der Waals surface area contributed by atoms with Gasteiger partial charge < -0.3 is 14.8 Å². The molecule has 0 fully saturated rings. The molecule has 0 atom stereocenters. The van der Waals surface area contributed by atoms with Gasteiger partial charge in [0, 0.05) is 17.6 Å². The lowest BCUT2D eigenvalue weighted by atomic mass is 9.99. The quantitative estimate of drug-likeness (QED) is 0.740. The van der Waals surface area contributed by atoms with Crippen LogP contribution in [0.2, 0.25) is 0 Å². The van der Waals surface area contributed by atoms with E-state index >= 15 is 0 Å². The van der Waals surface area contributed by atoms with Crippen molar-refractivity contribution < 1.29 is 14.3 Å². The van der Waals surface area contributed by atoms with Crippen LogP contribution in [-0.4, -0.2) is 30.6 Å². The molecular formula is C23H24N2O3. The van der Waals surface area contributed by atoms with E-state index in [-0.39, 0.29) is 5.91 Å². The summed E-state index contributed by atoms with van der Waals surface area (Å²) in [6.07, 6.45) is 1.09. The van der Waals surface area contributed by atoms with E-state index < -0.39 is 0 Å². The van der Waals surface area contributed by atoms with Crippen LogP contribution < -0.4 is 14.8 Å². The molecule has 1 N–H and O–H groups in total.